The minimum atomic E-state index is -0.200. The van der Waals surface area contributed by atoms with Crippen LogP contribution in [0.1, 0.15) is 21.5 Å². The number of anilines is 1. The number of imidazole rings is 1. The SMILES string of the molecule is O=C1COc2cc(C(=O)NCc3ccccc3Cn3ccnc3)ccc2N1. The summed E-state index contributed by atoms with van der Waals surface area (Å²) in [6.07, 6.45) is 5.41. The molecule has 0 saturated carbocycles. The topological polar surface area (TPSA) is 85.2 Å². The van der Waals surface area contributed by atoms with Gasteiger partial charge < -0.3 is 19.9 Å². The van der Waals surface area contributed by atoms with Gasteiger partial charge in [0.25, 0.3) is 11.8 Å². The van der Waals surface area contributed by atoms with E-state index in [9.17, 15) is 9.59 Å². The van der Waals surface area contributed by atoms with E-state index in [1.165, 1.54) is 0 Å². The molecule has 0 atom stereocenters. The van der Waals surface area contributed by atoms with Gasteiger partial charge in [-0.2, -0.15) is 0 Å². The van der Waals surface area contributed by atoms with Gasteiger partial charge in [0.05, 0.1) is 12.0 Å². The maximum absolute atomic E-state index is 12.5. The van der Waals surface area contributed by atoms with E-state index in [2.05, 4.69) is 15.6 Å². The van der Waals surface area contributed by atoms with E-state index in [0.29, 0.717) is 30.1 Å². The fourth-order valence-corrected chi connectivity index (χ4v) is 2.95. The van der Waals surface area contributed by atoms with E-state index in [1.54, 1.807) is 30.7 Å². The molecule has 2 aromatic carbocycles. The summed E-state index contributed by atoms with van der Waals surface area (Å²) in [5.74, 6) is 0.104. The van der Waals surface area contributed by atoms with Crippen molar-refractivity contribution in [1.82, 2.24) is 14.9 Å². The Morgan fingerprint density at radius 1 is 1.22 bits per heavy atom. The average Bonchev–Trinajstić information content (AvgIpc) is 3.19. The fourth-order valence-electron chi connectivity index (χ4n) is 2.95. The summed E-state index contributed by atoms with van der Waals surface area (Å²) in [6.45, 7) is 1.07. The van der Waals surface area contributed by atoms with Crippen LogP contribution in [0, 0.1) is 0 Å². The Kier molecular flexibility index (Phi) is 4.57. The number of hydrogen-bond acceptors (Lipinski definition) is 4. The number of nitrogens with one attached hydrogen (secondary N) is 2. The van der Waals surface area contributed by atoms with Crippen molar-refractivity contribution in [3.8, 4) is 5.75 Å². The van der Waals surface area contributed by atoms with Crippen LogP contribution in [-0.2, 0) is 17.9 Å². The molecule has 1 aromatic heterocycles. The molecular formula is C20H18N4O3. The number of ether oxygens (including phenoxy) is 1. The molecule has 0 saturated heterocycles. The number of fused-ring (bicyclic) bond motifs is 1. The van der Waals surface area contributed by atoms with Crippen molar-refractivity contribution in [3.63, 3.8) is 0 Å². The van der Waals surface area contributed by atoms with E-state index in [-0.39, 0.29) is 18.4 Å². The molecule has 3 aromatic rings. The molecule has 7 nitrogen and oxygen atoms in total. The molecule has 0 aliphatic carbocycles. The number of amides is 2. The van der Waals surface area contributed by atoms with E-state index < -0.39 is 0 Å². The van der Waals surface area contributed by atoms with Crippen LogP contribution in [0.4, 0.5) is 5.69 Å². The van der Waals surface area contributed by atoms with Crippen LogP contribution in [0.5, 0.6) is 5.75 Å². The van der Waals surface area contributed by atoms with Gasteiger partial charge in [0.1, 0.15) is 5.75 Å². The number of aromatic nitrogens is 2. The van der Waals surface area contributed by atoms with E-state index in [1.807, 2.05) is 35.0 Å². The fraction of sp³-hybridized carbons (Fsp3) is 0.150. The quantitative estimate of drug-likeness (QED) is 0.729. The van der Waals surface area contributed by atoms with Crippen molar-refractivity contribution < 1.29 is 14.3 Å². The second-order valence-electron chi connectivity index (χ2n) is 6.23. The minimum Gasteiger partial charge on any atom is -0.482 e. The molecule has 0 unspecified atom stereocenters. The molecule has 1 aliphatic rings. The summed E-state index contributed by atoms with van der Waals surface area (Å²) >= 11 is 0. The highest BCUT2D eigenvalue weighted by Gasteiger charge is 2.18. The van der Waals surface area contributed by atoms with Crippen LogP contribution < -0.4 is 15.4 Å². The summed E-state index contributed by atoms with van der Waals surface area (Å²) < 4.78 is 7.35. The van der Waals surface area contributed by atoms with E-state index >= 15 is 0 Å². The van der Waals surface area contributed by atoms with Gasteiger partial charge in [0.15, 0.2) is 6.61 Å². The third kappa shape index (κ3) is 3.82. The Balaban J connectivity index is 1.45. The van der Waals surface area contributed by atoms with Crippen LogP contribution in [-0.4, -0.2) is 28.0 Å². The molecule has 2 N–H and O–H groups in total. The highest BCUT2D eigenvalue weighted by Crippen LogP contribution is 2.28. The van der Waals surface area contributed by atoms with Crippen LogP contribution in [0.25, 0.3) is 0 Å². The van der Waals surface area contributed by atoms with Crippen molar-refractivity contribution in [3.05, 3.63) is 77.9 Å². The maximum atomic E-state index is 12.5. The normalized spacial score (nSPS) is 12.7. The molecule has 0 radical (unpaired) electrons. The van der Waals surface area contributed by atoms with E-state index in [0.717, 1.165) is 11.1 Å². The lowest BCUT2D eigenvalue weighted by Crippen LogP contribution is -2.27. The van der Waals surface area contributed by atoms with Crippen molar-refractivity contribution in [2.24, 2.45) is 0 Å². The van der Waals surface area contributed by atoms with Crippen LogP contribution in [0.2, 0.25) is 0 Å². The van der Waals surface area contributed by atoms with Crippen molar-refractivity contribution in [2.75, 3.05) is 11.9 Å². The molecule has 4 rings (SSSR count). The molecule has 2 amide bonds. The Morgan fingerprint density at radius 2 is 2.07 bits per heavy atom. The lowest BCUT2D eigenvalue weighted by molar-refractivity contribution is -0.118. The number of hydrogen-bond donors (Lipinski definition) is 2. The maximum Gasteiger partial charge on any atom is 0.262 e. The third-order valence-corrected chi connectivity index (χ3v) is 4.35. The van der Waals surface area contributed by atoms with Gasteiger partial charge in [-0.3, -0.25) is 9.59 Å². The Labute approximate surface area is 156 Å². The smallest absolute Gasteiger partial charge is 0.262 e. The zero-order valence-electron chi connectivity index (χ0n) is 14.5. The molecule has 27 heavy (non-hydrogen) atoms. The molecule has 0 bridgehead atoms. The average molecular weight is 362 g/mol. The van der Waals surface area contributed by atoms with Crippen LogP contribution in [0.3, 0.4) is 0 Å². The highest BCUT2D eigenvalue weighted by molar-refractivity contribution is 5.98. The first-order chi connectivity index (χ1) is 13.2. The highest BCUT2D eigenvalue weighted by atomic mass is 16.5. The zero-order chi connectivity index (χ0) is 18.6. The van der Waals surface area contributed by atoms with Crippen LogP contribution >= 0.6 is 0 Å². The van der Waals surface area contributed by atoms with Gasteiger partial charge in [0.2, 0.25) is 0 Å². The van der Waals surface area contributed by atoms with E-state index in [4.69, 9.17) is 4.74 Å². The number of benzene rings is 2. The van der Waals surface area contributed by atoms with Crippen molar-refractivity contribution in [1.29, 1.82) is 0 Å². The summed E-state index contributed by atoms with van der Waals surface area (Å²) in [6, 6.07) is 13.0. The zero-order valence-corrected chi connectivity index (χ0v) is 14.5. The first-order valence-corrected chi connectivity index (χ1v) is 8.56. The lowest BCUT2D eigenvalue weighted by Gasteiger charge is -2.18. The largest absolute Gasteiger partial charge is 0.482 e. The van der Waals surface area contributed by atoms with Gasteiger partial charge in [0, 0.05) is 31.0 Å². The van der Waals surface area contributed by atoms with Crippen LogP contribution in [0.15, 0.2) is 61.2 Å². The lowest BCUT2D eigenvalue weighted by atomic mass is 10.1. The predicted molar refractivity (Wildman–Crippen MR) is 99.5 cm³/mol. The molecule has 7 heteroatoms. The molecule has 0 spiro atoms. The minimum absolute atomic E-state index is 0.0420. The monoisotopic (exact) mass is 362 g/mol. The second kappa shape index (κ2) is 7.33. The molecule has 0 fully saturated rings. The molecule has 1 aliphatic heterocycles. The first-order valence-electron chi connectivity index (χ1n) is 8.56. The van der Waals surface area contributed by atoms with Crippen molar-refractivity contribution in [2.45, 2.75) is 13.1 Å². The number of carbonyl (C=O) groups is 2. The predicted octanol–water partition coefficient (Wildman–Crippen LogP) is 2.19. The Morgan fingerprint density at radius 3 is 2.89 bits per heavy atom. The second-order valence-corrected chi connectivity index (χ2v) is 6.23. The Bertz CT molecular complexity index is 983. The van der Waals surface area contributed by atoms with Gasteiger partial charge in [-0.15, -0.1) is 0 Å². The summed E-state index contributed by atoms with van der Waals surface area (Å²) in [5.41, 5.74) is 3.22. The molecular weight excluding hydrogens is 344 g/mol. The number of nitrogens with zero attached hydrogens (tertiary/aromatic N) is 2. The summed E-state index contributed by atoms with van der Waals surface area (Å²) in [5, 5.41) is 5.65. The third-order valence-electron chi connectivity index (χ3n) is 4.35. The number of carbonyl (C=O) groups excluding carboxylic acids is 2. The Hall–Kier alpha value is -3.61. The molecule has 2 heterocycles. The van der Waals surface area contributed by atoms with Gasteiger partial charge >= 0.3 is 0 Å². The first kappa shape index (κ1) is 16.8. The van der Waals surface area contributed by atoms with Gasteiger partial charge in [-0.25, -0.2) is 4.98 Å². The standard InChI is InChI=1S/C20H18N4O3/c25-19-12-27-18-9-14(5-6-17(18)23-19)20(26)22-10-15-3-1-2-4-16(15)11-24-8-7-21-13-24/h1-9,13H,10-12H2,(H,22,26)(H,23,25). The molecule has 136 valence electrons. The number of rotatable bonds is 5. The van der Waals surface area contributed by atoms with Gasteiger partial charge in [-0.1, -0.05) is 24.3 Å². The van der Waals surface area contributed by atoms with Crippen molar-refractivity contribution >= 4 is 17.5 Å². The van der Waals surface area contributed by atoms with Gasteiger partial charge in [-0.05, 0) is 29.3 Å². The summed E-state index contributed by atoms with van der Waals surface area (Å²) in [4.78, 5) is 27.9. The summed E-state index contributed by atoms with van der Waals surface area (Å²) in [7, 11) is 0.